The quantitative estimate of drug-likeness (QED) is 0.831. The number of carbonyl (C=O) groups excluding carboxylic acids is 1. The molecule has 5 heteroatoms. The molecule has 1 aromatic heterocycles. The minimum atomic E-state index is 0.0343. The van der Waals surface area contributed by atoms with Crippen molar-refractivity contribution >= 4 is 38.3 Å². The van der Waals surface area contributed by atoms with Crippen LogP contribution in [0.1, 0.15) is 27.7 Å². The van der Waals surface area contributed by atoms with E-state index in [-0.39, 0.29) is 22.7 Å². The van der Waals surface area contributed by atoms with Gasteiger partial charge in [0.1, 0.15) is 0 Å². The number of nitrogens with two attached hydrogens (primary N) is 1. The first-order valence-corrected chi connectivity index (χ1v) is 7.52. The van der Waals surface area contributed by atoms with Crippen LogP contribution in [-0.2, 0) is 4.79 Å². The fraction of sp³-hybridized carbons (Fsp3) is 0.467. The molecule has 0 atom stereocenters. The topological polar surface area (TPSA) is 68.0 Å². The number of thiazole rings is 1. The molecule has 2 aromatic rings. The van der Waals surface area contributed by atoms with Crippen molar-refractivity contribution in [3.63, 3.8) is 0 Å². The number of hydrogen-bond acceptors (Lipinski definition) is 4. The molecule has 0 radical (unpaired) electrons. The van der Waals surface area contributed by atoms with Crippen molar-refractivity contribution in [2.45, 2.75) is 27.7 Å². The maximum atomic E-state index is 12.4. The zero-order chi connectivity index (χ0) is 14.7. The molecule has 1 saturated carbocycles. The molecule has 106 valence electrons. The van der Waals surface area contributed by atoms with E-state index in [1.54, 1.807) is 0 Å². The number of anilines is 2. The number of amides is 1. The Bertz CT molecular complexity index is 688. The largest absolute Gasteiger partial charge is 0.399 e. The first-order chi connectivity index (χ1) is 9.23. The van der Waals surface area contributed by atoms with E-state index in [4.69, 9.17) is 5.73 Å². The molecule has 0 unspecified atom stereocenters. The summed E-state index contributed by atoms with van der Waals surface area (Å²) in [6, 6.07) is 5.58. The Morgan fingerprint density at radius 1 is 1.30 bits per heavy atom. The van der Waals surface area contributed by atoms with Gasteiger partial charge in [0.25, 0.3) is 0 Å². The highest BCUT2D eigenvalue weighted by molar-refractivity contribution is 7.22. The second kappa shape index (κ2) is 3.95. The SMILES string of the molecule is CC1(C)C(C(=O)Nc2nc3ccc(N)cc3s2)C1(C)C. The Morgan fingerprint density at radius 3 is 2.55 bits per heavy atom. The van der Waals surface area contributed by atoms with Crippen LogP contribution in [0, 0.1) is 16.7 Å². The third-order valence-electron chi connectivity index (χ3n) is 4.93. The van der Waals surface area contributed by atoms with Gasteiger partial charge in [0.15, 0.2) is 5.13 Å². The number of benzene rings is 1. The lowest BCUT2D eigenvalue weighted by Crippen LogP contribution is -2.17. The molecule has 0 aliphatic heterocycles. The van der Waals surface area contributed by atoms with E-state index >= 15 is 0 Å². The predicted octanol–water partition coefficient (Wildman–Crippen LogP) is 3.50. The summed E-state index contributed by atoms with van der Waals surface area (Å²) in [6.45, 7) is 8.54. The van der Waals surface area contributed by atoms with Gasteiger partial charge in [0.2, 0.25) is 5.91 Å². The molecule has 1 amide bonds. The summed E-state index contributed by atoms with van der Waals surface area (Å²) in [5.74, 6) is 0.0964. The Balaban J connectivity index is 1.82. The van der Waals surface area contributed by atoms with Gasteiger partial charge in [-0.3, -0.25) is 4.79 Å². The smallest absolute Gasteiger partial charge is 0.230 e. The summed E-state index contributed by atoms with van der Waals surface area (Å²) in [6.07, 6.45) is 0. The molecule has 0 bridgehead atoms. The molecule has 3 rings (SSSR count). The Labute approximate surface area is 122 Å². The van der Waals surface area contributed by atoms with E-state index in [2.05, 4.69) is 38.0 Å². The van der Waals surface area contributed by atoms with Gasteiger partial charge in [0.05, 0.1) is 10.2 Å². The number of fused-ring (bicyclic) bond motifs is 1. The minimum absolute atomic E-state index is 0.0343. The number of hydrogen-bond donors (Lipinski definition) is 2. The summed E-state index contributed by atoms with van der Waals surface area (Å²) < 4.78 is 0.995. The van der Waals surface area contributed by atoms with Crippen LogP contribution < -0.4 is 11.1 Å². The molecule has 1 heterocycles. The van der Waals surface area contributed by atoms with Crippen LogP contribution in [-0.4, -0.2) is 10.9 Å². The lowest BCUT2D eigenvalue weighted by atomic mass is 10.0. The highest BCUT2D eigenvalue weighted by Crippen LogP contribution is 2.68. The molecule has 0 saturated heterocycles. The van der Waals surface area contributed by atoms with Crippen molar-refractivity contribution in [1.29, 1.82) is 0 Å². The molecule has 1 fully saturated rings. The van der Waals surface area contributed by atoms with Gasteiger partial charge in [-0.2, -0.15) is 0 Å². The van der Waals surface area contributed by atoms with Crippen LogP contribution in [0.4, 0.5) is 10.8 Å². The maximum absolute atomic E-state index is 12.4. The van der Waals surface area contributed by atoms with Crippen molar-refractivity contribution in [3.05, 3.63) is 18.2 Å². The van der Waals surface area contributed by atoms with Gasteiger partial charge >= 0.3 is 0 Å². The van der Waals surface area contributed by atoms with Crippen molar-refractivity contribution in [3.8, 4) is 0 Å². The monoisotopic (exact) mass is 289 g/mol. The van der Waals surface area contributed by atoms with Crippen LogP contribution in [0.15, 0.2) is 18.2 Å². The fourth-order valence-corrected chi connectivity index (χ4v) is 3.94. The van der Waals surface area contributed by atoms with Crippen molar-refractivity contribution < 1.29 is 4.79 Å². The first kappa shape index (κ1) is 13.4. The summed E-state index contributed by atoms with van der Waals surface area (Å²) in [5, 5.41) is 3.60. The number of nitrogens with one attached hydrogen (secondary N) is 1. The second-order valence-electron chi connectivity index (χ2n) is 6.61. The fourth-order valence-electron chi connectivity index (χ4n) is 3.02. The zero-order valence-corrected chi connectivity index (χ0v) is 13.0. The third kappa shape index (κ3) is 1.80. The molecule has 0 spiro atoms. The van der Waals surface area contributed by atoms with Gasteiger partial charge in [-0.25, -0.2) is 4.98 Å². The van der Waals surface area contributed by atoms with Gasteiger partial charge < -0.3 is 11.1 Å². The predicted molar refractivity (Wildman–Crippen MR) is 83.7 cm³/mol. The lowest BCUT2D eigenvalue weighted by Gasteiger charge is -2.03. The molecular weight excluding hydrogens is 270 g/mol. The Hall–Kier alpha value is -1.62. The average molecular weight is 289 g/mol. The van der Waals surface area contributed by atoms with E-state index in [0.29, 0.717) is 10.8 Å². The summed E-state index contributed by atoms with van der Waals surface area (Å²) in [5.41, 5.74) is 7.42. The van der Waals surface area contributed by atoms with Crippen LogP contribution in [0.3, 0.4) is 0 Å². The highest BCUT2D eigenvalue weighted by Gasteiger charge is 2.68. The van der Waals surface area contributed by atoms with Crippen molar-refractivity contribution in [1.82, 2.24) is 4.98 Å². The van der Waals surface area contributed by atoms with E-state index in [9.17, 15) is 4.79 Å². The third-order valence-corrected chi connectivity index (χ3v) is 5.86. The van der Waals surface area contributed by atoms with E-state index in [0.717, 1.165) is 10.2 Å². The normalized spacial score (nSPS) is 20.0. The van der Waals surface area contributed by atoms with Crippen molar-refractivity contribution in [2.24, 2.45) is 16.7 Å². The molecule has 4 nitrogen and oxygen atoms in total. The van der Waals surface area contributed by atoms with E-state index in [1.165, 1.54) is 11.3 Å². The van der Waals surface area contributed by atoms with Crippen LogP contribution in [0.5, 0.6) is 0 Å². The lowest BCUT2D eigenvalue weighted by molar-refractivity contribution is -0.118. The molecule has 20 heavy (non-hydrogen) atoms. The first-order valence-electron chi connectivity index (χ1n) is 6.70. The Kier molecular flexibility index (Phi) is 2.64. The second-order valence-corrected chi connectivity index (χ2v) is 7.64. The maximum Gasteiger partial charge on any atom is 0.230 e. The van der Waals surface area contributed by atoms with Crippen molar-refractivity contribution in [2.75, 3.05) is 11.1 Å². The highest BCUT2D eigenvalue weighted by atomic mass is 32.1. The van der Waals surface area contributed by atoms with Crippen LogP contribution in [0.25, 0.3) is 10.2 Å². The van der Waals surface area contributed by atoms with Crippen LogP contribution in [0.2, 0.25) is 0 Å². The number of nitrogens with zero attached hydrogens (tertiary/aromatic N) is 1. The molecule has 1 aliphatic carbocycles. The van der Waals surface area contributed by atoms with E-state index in [1.807, 2.05) is 18.2 Å². The molecule has 1 aliphatic rings. The standard InChI is InChI=1S/C15H19N3OS/c1-14(2)11(15(14,3)4)12(19)18-13-17-9-6-5-8(16)7-10(9)20-13/h5-7,11H,16H2,1-4H3,(H,17,18,19). The average Bonchev–Trinajstić information content (AvgIpc) is 2.62. The van der Waals surface area contributed by atoms with Crippen LogP contribution >= 0.6 is 11.3 Å². The minimum Gasteiger partial charge on any atom is -0.399 e. The van der Waals surface area contributed by atoms with Gasteiger partial charge in [-0.05, 0) is 29.0 Å². The van der Waals surface area contributed by atoms with Gasteiger partial charge in [-0.15, -0.1) is 0 Å². The number of aromatic nitrogens is 1. The number of rotatable bonds is 2. The molecule has 3 N–H and O–H groups in total. The number of carbonyl (C=O) groups is 1. The van der Waals surface area contributed by atoms with E-state index < -0.39 is 0 Å². The number of nitrogen functional groups attached to an aromatic ring is 1. The zero-order valence-electron chi connectivity index (χ0n) is 12.2. The Morgan fingerprint density at radius 2 is 1.95 bits per heavy atom. The summed E-state index contributed by atoms with van der Waals surface area (Å²) in [7, 11) is 0. The molecule has 1 aromatic carbocycles. The molecular formula is C15H19N3OS. The van der Waals surface area contributed by atoms with Gasteiger partial charge in [-0.1, -0.05) is 39.0 Å². The summed E-state index contributed by atoms with van der Waals surface area (Å²) >= 11 is 1.46. The van der Waals surface area contributed by atoms with Gasteiger partial charge in [0, 0.05) is 11.6 Å². The summed E-state index contributed by atoms with van der Waals surface area (Å²) in [4.78, 5) is 16.8.